The van der Waals surface area contributed by atoms with Crippen LogP contribution in [0, 0.1) is 5.92 Å². The zero-order valence-electron chi connectivity index (χ0n) is 16.1. The molecule has 3 aliphatic heterocycles. The van der Waals surface area contributed by atoms with Crippen LogP contribution in [0.2, 0.25) is 0 Å². The van der Waals surface area contributed by atoms with E-state index in [1.54, 1.807) is 13.2 Å². The van der Waals surface area contributed by atoms with E-state index in [4.69, 9.17) is 4.74 Å². The molecule has 2 aromatic rings. The van der Waals surface area contributed by atoms with Crippen LogP contribution in [0.25, 0.3) is 0 Å². The minimum absolute atomic E-state index is 0.0927. The molecule has 2 saturated heterocycles. The molecule has 0 N–H and O–H groups in total. The van der Waals surface area contributed by atoms with Crippen molar-refractivity contribution in [2.75, 3.05) is 26.7 Å². The second-order valence-corrected chi connectivity index (χ2v) is 11.1. The van der Waals surface area contributed by atoms with Gasteiger partial charge in [0.2, 0.25) is 0 Å². The minimum atomic E-state index is -3.40. The smallest absolute Gasteiger partial charge is 0.252 e. The fourth-order valence-corrected chi connectivity index (χ4v) is 8.20. The molecular formula is C21H26N2O3S2. The Hall–Kier alpha value is -1.41. The zero-order valence-corrected chi connectivity index (χ0v) is 17.7. The summed E-state index contributed by atoms with van der Waals surface area (Å²) in [5, 5.41) is 1.85. The molecule has 0 unspecified atom stereocenters. The Morgan fingerprint density at radius 1 is 1.21 bits per heavy atom. The summed E-state index contributed by atoms with van der Waals surface area (Å²) in [4.78, 5) is 2.58. The van der Waals surface area contributed by atoms with Crippen LogP contribution in [0.4, 0.5) is 0 Å². The van der Waals surface area contributed by atoms with E-state index >= 15 is 0 Å². The zero-order chi connectivity index (χ0) is 19.3. The molecule has 7 heteroatoms. The van der Waals surface area contributed by atoms with Crippen LogP contribution in [0.3, 0.4) is 0 Å². The first-order valence-corrected chi connectivity index (χ1v) is 12.4. The van der Waals surface area contributed by atoms with Gasteiger partial charge in [-0.1, -0.05) is 12.1 Å². The van der Waals surface area contributed by atoms with Crippen LogP contribution in [-0.4, -0.2) is 50.4 Å². The predicted molar refractivity (Wildman–Crippen MR) is 110 cm³/mol. The van der Waals surface area contributed by atoms with Gasteiger partial charge in [0.05, 0.1) is 7.11 Å². The molecule has 0 radical (unpaired) electrons. The van der Waals surface area contributed by atoms with E-state index in [9.17, 15) is 8.42 Å². The molecule has 0 spiro atoms. The second-order valence-electron chi connectivity index (χ2n) is 8.08. The molecule has 0 bridgehead atoms. The third-order valence-corrected chi connectivity index (χ3v) is 9.98. The molecule has 0 amide bonds. The highest BCUT2D eigenvalue weighted by Crippen LogP contribution is 2.44. The summed E-state index contributed by atoms with van der Waals surface area (Å²) in [6.07, 6.45) is 4.00. The number of piperidine rings is 2. The Morgan fingerprint density at radius 2 is 2.11 bits per heavy atom. The normalized spacial score (nSPS) is 28.2. The predicted octanol–water partition coefficient (Wildman–Crippen LogP) is 3.53. The summed E-state index contributed by atoms with van der Waals surface area (Å²) in [6, 6.07) is 10.3. The van der Waals surface area contributed by atoms with Gasteiger partial charge in [0.1, 0.15) is 9.96 Å². The number of rotatable bonds is 3. The highest BCUT2D eigenvalue weighted by molar-refractivity contribution is 7.91. The van der Waals surface area contributed by atoms with Crippen molar-refractivity contribution in [3.63, 3.8) is 0 Å². The monoisotopic (exact) mass is 418 g/mol. The number of sulfonamides is 1. The molecule has 5 nitrogen and oxygen atoms in total. The largest absolute Gasteiger partial charge is 0.497 e. The number of nitrogens with zero attached hydrogens (tertiary/aromatic N) is 2. The van der Waals surface area contributed by atoms with Crippen molar-refractivity contribution in [2.24, 2.45) is 5.92 Å². The number of fused-ring (bicyclic) bond motifs is 4. The summed E-state index contributed by atoms with van der Waals surface area (Å²) < 4.78 is 34.3. The highest BCUT2D eigenvalue weighted by atomic mass is 32.2. The molecule has 3 atom stereocenters. The first-order chi connectivity index (χ1) is 13.6. The van der Waals surface area contributed by atoms with Crippen molar-refractivity contribution in [1.82, 2.24) is 9.21 Å². The summed E-state index contributed by atoms with van der Waals surface area (Å²) in [5.41, 5.74) is 2.70. The van der Waals surface area contributed by atoms with Crippen molar-refractivity contribution in [1.29, 1.82) is 0 Å². The van der Waals surface area contributed by atoms with Crippen LogP contribution in [0.15, 0.2) is 39.9 Å². The number of methoxy groups -OCH3 is 1. The lowest BCUT2D eigenvalue weighted by molar-refractivity contribution is 0.0220. The van der Waals surface area contributed by atoms with Crippen LogP contribution in [-0.2, 0) is 16.4 Å². The van der Waals surface area contributed by atoms with Gasteiger partial charge in [-0.25, -0.2) is 8.42 Å². The Morgan fingerprint density at radius 3 is 2.89 bits per heavy atom. The molecule has 28 heavy (non-hydrogen) atoms. The number of thiophene rings is 1. The summed E-state index contributed by atoms with van der Waals surface area (Å²) in [5.74, 6) is 1.33. The summed E-state index contributed by atoms with van der Waals surface area (Å²) >= 11 is 1.32. The maximum Gasteiger partial charge on any atom is 0.252 e. The van der Waals surface area contributed by atoms with Crippen molar-refractivity contribution < 1.29 is 13.2 Å². The fraction of sp³-hybridized carbons (Fsp3) is 0.524. The van der Waals surface area contributed by atoms with Gasteiger partial charge >= 0.3 is 0 Å². The van der Waals surface area contributed by atoms with E-state index in [1.165, 1.54) is 22.5 Å². The van der Waals surface area contributed by atoms with Crippen molar-refractivity contribution in [3.05, 3.63) is 46.8 Å². The number of hydrogen-bond donors (Lipinski definition) is 0. The van der Waals surface area contributed by atoms with Crippen LogP contribution >= 0.6 is 11.3 Å². The molecular weight excluding hydrogens is 392 g/mol. The SMILES string of the molecule is COc1ccc2c(c1)CCN1C[C@H]3CCCN(S(=O)(=O)c4cccs4)[C@@H]3C[C@@H]21. The van der Waals surface area contributed by atoms with Crippen molar-refractivity contribution >= 4 is 21.4 Å². The number of ether oxygens (including phenoxy) is 1. The van der Waals surface area contributed by atoms with Gasteiger partial charge in [-0.15, -0.1) is 11.3 Å². The standard InChI is InChI=1S/C21H26N2O3S2/c1-26-17-6-7-18-15(12-17)8-10-22-14-16-4-2-9-23(19(16)13-20(18)22)28(24,25)21-5-3-11-27-21/h3,5-7,11-12,16,19-20H,2,4,8-10,13-14H2,1H3/t16-,19-,20+/m1/s1. The molecule has 3 aliphatic rings. The van der Waals surface area contributed by atoms with Crippen LogP contribution in [0.1, 0.15) is 36.4 Å². The minimum Gasteiger partial charge on any atom is -0.497 e. The molecule has 1 aromatic heterocycles. The first-order valence-electron chi connectivity index (χ1n) is 10.0. The van der Waals surface area contributed by atoms with Gasteiger partial charge in [0.15, 0.2) is 0 Å². The third-order valence-electron chi connectivity index (χ3n) is 6.68. The van der Waals surface area contributed by atoms with E-state index in [1.807, 2.05) is 21.8 Å². The first kappa shape index (κ1) is 18.6. The third kappa shape index (κ3) is 3.00. The van der Waals surface area contributed by atoms with Gasteiger partial charge in [-0.2, -0.15) is 4.31 Å². The molecule has 150 valence electrons. The Labute approximate surface area is 171 Å². The topological polar surface area (TPSA) is 49.9 Å². The van der Waals surface area contributed by atoms with Crippen molar-refractivity contribution in [2.45, 2.75) is 42.0 Å². The molecule has 0 aliphatic carbocycles. The quantitative estimate of drug-likeness (QED) is 0.765. The van der Waals surface area contributed by atoms with E-state index in [0.717, 1.165) is 44.5 Å². The maximum absolute atomic E-state index is 13.3. The molecule has 0 saturated carbocycles. The number of benzene rings is 1. The molecule has 4 heterocycles. The van der Waals surface area contributed by atoms with Crippen molar-refractivity contribution in [3.8, 4) is 5.75 Å². The number of hydrogen-bond acceptors (Lipinski definition) is 5. The summed E-state index contributed by atoms with van der Waals surface area (Å²) in [6.45, 7) is 2.69. The Balaban J connectivity index is 1.48. The molecule has 5 rings (SSSR count). The average molecular weight is 419 g/mol. The van der Waals surface area contributed by atoms with Gasteiger partial charge in [0, 0.05) is 31.7 Å². The lowest BCUT2D eigenvalue weighted by Gasteiger charge is -2.51. The Bertz CT molecular complexity index is 958. The fourth-order valence-electron chi connectivity index (χ4n) is 5.34. The lowest BCUT2D eigenvalue weighted by Crippen LogP contribution is -2.57. The molecule has 2 fully saturated rings. The van der Waals surface area contributed by atoms with Gasteiger partial charge in [-0.05, 0) is 66.3 Å². The Kier molecular flexibility index (Phi) is 4.74. The van der Waals surface area contributed by atoms with E-state index in [2.05, 4.69) is 17.0 Å². The van der Waals surface area contributed by atoms with Gasteiger partial charge in [-0.3, -0.25) is 4.90 Å². The summed E-state index contributed by atoms with van der Waals surface area (Å²) in [7, 11) is -1.70. The van der Waals surface area contributed by atoms with Crippen LogP contribution in [0.5, 0.6) is 5.75 Å². The average Bonchev–Trinajstić information content (AvgIpc) is 3.27. The van der Waals surface area contributed by atoms with Crippen LogP contribution < -0.4 is 4.74 Å². The van der Waals surface area contributed by atoms with Gasteiger partial charge in [0.25, 0.3) is 10.0 Å². The molecule has 1 aromatic carbocycles. The maximum atomic E-state index is 13.3. The second kappa shape index (κ2) is 7.13. The van der Waals surface area contributed by atoms with E-state index in [-0.39, 0.29) is 6.04 Å². The van der Waals surface area contributed by atoms with E-state index in [0.29, 0.717) is 22.7 Å². The highest BCUT2D eigenvalue weighted by Gasteiger charge is 2.46. The lowest BCUT2D eigenvalue weighted by atomic mass is 9.77. The van der Waals surface area contributed by atoms with E-state index < -0.39 is 10.0 Å². The van der Waals surface area contributed by atoms with Gasteiger partial charge < -0.3 is 4.74 Å².